The Bertz CT molecular complexity index is 175. The van der Waals surface area contributed by atoms with Gasteiger partial charge < -0.3 is 5.32 Å². The number of rotatable bonds is 5. The Hall–Kier alpha value is -1.06. The first-order valence-corrected chi connectivity index (χ1v) is 5.25. The molecule has 0 aromatic rings. The number of hydrogen-bond acceptors (Lipinski definition) is 2. The molecule has 0 aliphatic heterocycles. The van der Waals surface area contributed by atoms with Gasteiger partial charge in [-0.1, -0.05) is 13.8 Å². The van der Waals surface area contributed by atoms with Gasteiger partial charge in [0.2, 0.25) is 5.91 Å². The van der Waals surface area contributed by atoms with Crippen LogP contribution >= 0.6 is 0 Å². The van der Waals surface area contributed by atoms with E-state index < -0.39 is 0 Å². The number of nitrogens with one attached hydrogen (secondary N) is 1. The van der Waals surface area contributed by atoms with Gasteiger partial charge in [-0.05, 0) is 19.8 Å². The van der Waals surface area contributed by atoms with Crippen LogP contribution in [0.25, 0.3) is 0 Å². The van der Waals surface area contributed by atoms with E-state index in [1.165, 1.54) is 4.90 Å². The minimum absolute atomic E-state index is 0.0831. The maximum Gasteiger partial charge on any atom is 0.324 e. The predicted octanol–water partition coefficient (Wildman–Crippen LogP) is 1.75. The van der Waals surface area contributed by atoms with E-state index in [0.29, 0.717) is 19.5 Å². The average Bonchev–Trinajstić information content (AvgIpc) is 2.14. The monoisotopic (exact) mass is 200 g/mol. The third-order valence-electron chi connectivity index (χ3n) is 1.79. The second-order valence-corrected chi connectivity index (χ2v) is 3.13. The topological polar surface area (TPSA) is 49.4 Å². The quantitative estimate of drug-likeness (QED) is 0.735. The molecule has 0 saturated heterocycles. The van der Waals surface area contributed by atoms with Crippen LogP contribution in [-0.2, 0) is 4.79 Å². The first-order chi connectivity index (χ1) is 6.67. The number of amides is 3. The highest BCUT2D eigenvalue weighted by Crippen LogP contribution is 1.99. The summed E-state index contributed by atoms with van der Waals surface area (Å²) in [6.45, 7) is 6.78. The van der Waals surface area contributed by atoms with Crippen LogP contribution < -0.4 is 5.32 Å². The molecule has 0 aromatic heterocycles. The van der Waals surface area contributed by atoms with Gasteiger partial charge in [0.05, 0.1) is 0 Å². The molecule has 0 fully saturated rings. The summed E-state index contributed by atoms with van der Waals surface area (Å²) in [6.07, 6.45) is 2.02. The molecule has 0 rings (SSSR count). The van der Waals surface area contributed by atoms with E-state index >= 15 is 0 Å². The molecular weight excluding hydrogens is 180 g/mol. The number of carbonyl (C=O) groups is 2. The van der Waals surface area contributed by atoms with Gasteiger partial charge in [-0.3, -0.25) is 9.69 Å². The van der Waals surface area contributed by atoms with Crippen LogP contribution in [0.3, 0.4) is 0 Å². The Balaban J connectivity index is 4.25. The van der Waals surface area contributed by atoms with Crippen molar-refractivity contribution in [2.24, 2.45) is 0 Å². The molecule has 0 saturated carbocycles. The summed E-state index contributed by atoms with van der Waals surface area (Å²) in [5, 5.41) is 2.64. The fourth-order valence-electron chi connectivity index (χ4n) is 1.16. The maximum atomic E-state index is 11.5. The molecule has 0 unspecified atom stereocenters. The molecule has 0 spiro atoms. The zero-order valence-corrected chi connectivity index (χ0v) is 9.30. The Labute approximate surface area is 85.7 Å². The van der Waals surface area contributed by atoms with Crippen LogP contribution in [0.5, 0.6) is 0 Å². The molecule has 0 bridgehead atoms. The van der Waals surface area contributed by atoms with E-state index in [4.69, 9.17) is 0 Å². The minimum atomic E-state index is -0.271. The van der Waals surface area contributed by atoms with Crippen molar-refractivity contribution in [1.82, 2.24) is 10.2 Å². The molecule has 4 heteroatoms. The van der Waals surface area contributed by atoms with Crippen LogP contribution in [0.4, 0.5) is 4.79 Å². The van der Waals surface area contributed by atoms with Gasteiger partial charge in [-0.2, -0.15) is 0 Å². The van der Waals surface area contributed by atoms with E-state index in [0.717, 1.165) is 12.8 Å². The first kappa shape index (κ1) is 12.9. The van der Waals surface area contributed by atoms with Gasteiger partial charge in [0.25, 0.3) is 0 Å². The maximum absolute atomic E-state index is 11.5. The predicted molar refractivity (Wildman–Crippen MR) is 56.0 cm³/mol. The summed E-state index contributed by atoms with van der Waals surface area (Å²) in [7, 11) is 0. The van der Waals surface area contributed by atoms with Gasteiger partial charge in [0, 0.05) is 19.5 Å². The van der Waals surface area contributed by atoms with E-state index in [2.05, 4.69) is 5.32 Å². The highest BCUT2D eigenvalue weighted by Gasteiger charge is 2.18. The lowest BCUT2D eigenvalue weighted by Crippen LogP contribution is -2.44. The number of carbonyl (C=O) groups excluding carboxylic acids is 2. The number of hydrogen-bond donors (Lipinski definition) is 1. The lowest BCUT2D eigenvalue weighted by molar-refractivity contribution is -0.128. The summed E-state index contributed by atoms with van der Waals surface area (Å²) in [5.41, 5.74) is 0. The SMILES string of the molecule is CCCC(=O)N(CCC)C(=O)NCC. The summed E-state index contributed by atoms with van der Waals surface area (Å²) in [6, 6.07) is -0.271. The molecule has 14 heavy (non-hydrogen) atoms. The van der Waals surface area contributed by atoms with Crippen molar-refractivity contribution in [3.8, 4) is 0 Å². The zero-order chi connectivity index (χ0) is 11.0. The van der Waals surface area contributed by atoms with Crippen molar-refractivity contribution in [3.63, 3.8) is 0 Å². The molecule has 4 nitrogen and oxygen atoms in total. The fourth-order valence-corrected chi connectivity index (χ4v) is 1.16. The normalized spacial score (nSPS) is 9.64. The standard InChI is InChI=1S/C10H20N2O2/c1-4-7-9(13)12(8-5-2)10(14)11-6-3/h4-8H2,1-3H3,(H,11,14). The van der Waals surface area contributed by atoms with Crippen LogP contribution in [-0.4, -0.2) is 29.9 Å². The summed E-state index contributed by atoms with van der Waals surface area (Å²) < 4.78 is 0. The van der Waals surface area contributed by atoms with E-state index in [1.807, 2.05) is 20.8 Å². The molecule has 3 amide bonds. The molecule has 82 valence electrons. The largest absolute Gasteiger partial charge is 0.338 e. The molecule has 0 aliphatic rings. The average molecular weight is 200 g/mol. The number of urea groups is 1. The Morgan fingerprint density at radius 3 is 2.21 bits per heavy atom. The summed E-state index contributed by atoms with van der Waals surface area (Å²) in [5.74, 6) is -0.0831. The third kappa shape index (κ3) is 4.25. The fraction of sp³-hybridized carbons (Fsp3) is 0.800. The van der Waals surface area contributed by atoms with Crippen molar-refractivity contribution in [2.75, 3.05) is 13.1 Å². The van der Waals surface area contributed by atoms with Gasteiger partial charge in [-0.15, -0.1) is 0 Å². The second kappa shape index (κ2) is 7.35. The molecule has 1 N–H and O–H groups in total. The smallest absolute Gasteiger partial charge is 0.324 e. The zero-order valence-electron chi connectivity index (χ0n) is 9.30. The Kier molecular flexibility index (Phi) is 6.80. The van der Waals surface area contributed by atoms with E-state index in [9.17, 15) is 9.59 Å². The van der Waals surface area contributed by atoms with Crippen molar-refractivity contribution in [3.05, 3.63) is 0 Å². The highest BCUT2D eigenvalue weighted by molar-refractivity contribution is 5.94. The lowest BCUT2D eigenvalue weighted by atomic mass is 10.3. The lowest BCUT2D eigenvalue weighted by Gasteiger charge is -2.19. The molecule has 0 radical (unpaired) electrons. The number of imide groups is 1. The van der Waals surface area contributed by atoms with Gasteiger partial charge >= 0.3 is 6.03 Å². The summed E-state index contributed by atoms with van der Waals surface area (Å²) >= 11 is 0. The molecule has 0 aromatic carbocycles. The highest BCUT2D eigenvalue weighted by atomic mass is 16.2. The minimum Gasteiger partial charge on any atom is -0.338 e. The Morgan fingerprint density at radius 1 is 1.14 bits per heavy atom. The van der Waals surface area contributed by atoms with Crippen LogP contribution in [0.1, 0.15) is 40.0 Å². The second-order valence-electron chi connectivity index (χ2n) is 3.13. The van der Waals surface area contributed by atoms with Crippen LogP contribution in [0.15, 0.2) is 0 Å². The molecular formula is C10H20N2O2. The van der Waals surface area contributed by atoms with Gasteiger partial charge in [0.1, 0.15) is 0 Å². The molecule has 0 aliphatic carbocycles. The summed E-state index contributed by atoms with van der Waals surface area (Å²) in [4.78, 5) is 24.3. The van der Waals surface area contributed by atoms with Crippen molar-refractivity contribution < 1.29 is 9.59 Å². The van der Waals surface area contributed by atoms with Crippen molar-refractivity contribution in [1.29, 1.82) is 0 Å². The van der Waals surface area contributed by atoms with E-state index in [1.54, 1.807) is 0 Å². The van der Waals surface area contributed by atoms with Crippen LogP contribution in [0.2, 0.25) is 0 Å². The van der Waals surface area contributed by atoms with Gasteiger partial charge in [0.15, 0.2) is 0 Å². The molecule has 0 atom stereocenters. The third-order valence-corrected chi connectivity index (χ3v) is 1.79. The van der Waals surface area contributed by atoms with Crippen molar-refractivity contribution >= 4 is 11.9 Å². The van der Waals surface area contributed by atoms with Gasteiger partial charge in [-0.25, -0.2) is 4.79 Å². The van der Waals surface area contributed by atoms with Crippen LogP contribution in [0, 0.1) is 0 Å². The number of nitrogens with zero attached hydrogens (tertiary/aromatic N) is 1. The Morgan fingerprint density at radius 2 is 1.79 bits per heavy atom. The molecule has 0 heterocycles. The first-order valence-electron chi connectivity index (χ1n) is 5.25. The van der Waals surface area contributed by atoms with E-state index in [-0.39, 0.29) is 11.9 Å². The van der Waals surface area contributed by atoms with Crippen molar-refractivity contribution in [2.45, 2.75) is 40.0 Å².